The lowest BCUT2D eigenvalue weighted by Crippen LogP contribution is -2.44. The van der Waals surface area contributed by atoms with Gasteiger partial charge in [-0.25, -0.2) is 8.42 Å². The fourth-order valence-corrected chi connectivity index (χ4v) is 6.11. The van der Waals surface area contributed by atoms with Gasteiger partial charge >= 0.3 is 0 Å². The van der Waals surface area contributed by atoms with Crippen molar-refractivity contribution < 1.29 is 18.0 Å². The number of fused-ring (bicyclic) bond motifs is 1. The fourth-order valence-electron chi connectivity index (χ4n) is 4.69. The van der Waals surface area contributed by atoms with Crippen LogP contribution in [0.15, 0.2) is 94.9 Å². The molecule has 38 heavy (non-hydrogen) atoms. The standard InChI is InChI=1S/C29H28N4O4S/c1-4-23(33(2)3)32-38(36,37)22-12-8-11-21(17-22)27-25-24(28(34)31-27)26(30-29(25)35)20-15-13-19(14-16-20)18-9-6-5-7-10-18/h5-17,23,32H,4H2,1-3H3,(H,30,35)(H,31,34). The third-order valence-corrected chi connectivity index (χ3v) is 8.15. The Balaban J connectivity index is 1.51. The number of carbonyl (C=O) groups excluding carboxylic acids is 2. The van der Waals surface area contributed by atoms with E-state index in [-0.39, 0.29) is 27.9 Å². The van der Waals surface area contributed by atoms with E-state index in [1.54, 1.807) is 31.1 Å². The topological polar surface area (TPSA) is 108 Å². The van der Waals surface area contributed by atoms with Crippen LogP contribution < -0.4 is 15.4 Å². The summed E-state index contributed by atoms with van der Waals surface area (Å²) in [6.07, 6.45) is 0.212. The van der Waals surface area contributed by atoms with Gasteiger partial charge in [-0.05, 0) is 49.3 Å². The molecule has 1 unspecified atom stereocenters. The SMILES string of the molecule is CCC(NS(=O)(=O)c1cccc(C2=C3C(=O)NC(c4ccc(-c5ccccc5)cc4)=C3C(=O)N2)c1)N(C)C. The minimum absolute atomic E-state index is 0.0465. The summed E-state index contributed by atoms with van der Waals surface area (Å²) >= 11 is 0. The molecule has 0 bridgehead atoms. The first-order valence-electron chi connectivity index (χ1n) is 12.3. The van der Waals surface area contributed by atoms with Gasteiger partial charge in [-0.15, -0.1) is 0 Å². The number of sulfonamides is 1. The molecular formula is C29H28N4O4S. The highest BCUT2D eigenvalue weighted by Crippen LogP contribution is 2.38. The Bertz CT molecular complexity index is 1590. The van der Waals surface area contributed by atoms with Crippen molar-refractivity contribution in [2.75, 3.05) is 14.1 Å². The highest BCUT2D eigenvalue weighted by Gasteiger charge is 2.41. The first kappa shape index (κ1) is 25.6. The molecule has 2 heterocycles. The fraction of sp³-hybridized carbons (Fsp3) is 0.172. The molecular weight excluding hydrogens is 500 g/mol. The highest BCUT2D eigenvalue weighted by molar-refractivity contribution is 7.89. The van der Waals surface area contributed by atoms with Gasteiger partial charge < -0.3 is 10.6 Å². The molecule has 3 aromatic rings. The van der Waals surface area contributed by atoms with Crippen LogP contribution >= 0.6 is 0 Å². The number of nitrogens with zero attached hydrogens (tertiary/aromatic N) is 1. The molecule has 0 spiro atoms. The van der Waals surface area contributed by atoms with E-state index in [0.29, 0.717) is 23.2 Å². The van der Waals surface area contributed by atoms with Crippen molar-refractivity contribution in [2.45, 2.75) is 24.4 Å². The lowest BCUT2D eigenvalue weighted by molar-refractivity contribution is -0.117. The van der Waals surface area contributed by atoms with Crippen LogP contribution in [0.3, 0.4) is 0 Å². The summed E-state index contributed by atoms with van der Waals surface area (Å²) in [4.78, 5) is 28.0. The van der Waals surface area contributed by atoms with Crippen LogP contribution in [0, 0.1) is 0 Å². The van der Waals surface area contributed by atoms with E-state index in [9.17, 15) is 18.0 Å². The third kappa shape index (κ3) is 4.67. The molecule has 8 nitrogen and oxygen atoms in total. The Kier molecular flexibility index (Phi) is 6.75. The molecule has 0 saturated heterocycles. The van der Waals surface area contributed by atoms with Gasteiger partial charge in [-0.1, -0.05) is 73.7 Å². The molecule has 3 N–H and O–H groups in total. The maximum absolute atomic E-state index is 13.1. The van der Waals surface area contributed by atoms with Gasteiger partial charge in [0.1, 0.15) is 0 Å². The molecule has 0 aliphatic carbocycles. The number of amides is 2. The molecule has 5 rings (SSSR count). The second kappa shape index (κ2) is 10.0. The predicted molar refractivity (Wildman–Crippen MR) is 147 cm³/mol. The maximum Gasteiger partial charge on any atom is 0.258 e. The zero-order valence-corrected chi connectivity index (χ0v) is 22.1. The van der Waals surface area contributed by atoms with E-state index in [4.69, 9.17) is 0 Å². The summed E-state index contributed by atoms with van der Waals surface area (Å²) in [7, 11) is -0.241. The molecule has 1 atom stereocenters. The lowest BCUT2D eigenvalue weighted by atomic mass is 10.00. The minimum Gasteiger partial charge on any atom is -0.321 e. The molecule has 0 fully saturated rings. The number of benzene rings is 3. The van der Waals surface area contributed by atoms with Crippen LogP contribution in [-0.2, 0) is 19.6 Å². The lowest BCUT2D eigenvalue weighted by Gasteiger charge is -2.24. The van der Waals surface area contributed by atoms with Gasteiger partial charge in [0.25, 0.3) is 11.8 Å². The number of hydrogen-bond donors (Lipinski definition) is 3. The second-order valence-corrected chi connectivity index (χ2v) is 11.1. The van der Waals surface area contributed by atoms with Crippen molar-refractivity contribution in [3.05, 3.63) is 101 Å². The van der Waals surface area contributed by atoms with E-state index in [1.165, 1.54) is 12.1 Å². The van der Waals surface area contributed by atoms with Gasteiger partial charge in [0.05, 0.1) is 33.6 Å². The van der Waals surface area contributed by atoms with Gasteiger partial charge in [0, 0.05) is 5.56 Å². The van der Waals surface area contributed by atoms with E-state index < -0.39 is 21.8 Å². The van der Waals surface area contributed by atoms with Gasteiger partial charge in [0.15, 0.2) is 0 Å². The number of carbonyl (C=O) groups is 2. The van der Waals surface area contributed by atoms with Crippen molar-refractivity contribution in [1.29, 1.82) is 0 Å². The van der Waals surface area contributed by atoms with Crippen LogP contribution in [0.4, 0.5) is 0 Å². The Morgan fingerprint density at radius 3 is 1.84 bits per heavy atom. The maximum atomic E-state index is 13.1. The summed E-state index contributed by atoms with van der Waals surface area (Å²) in [5.41, 5.74) is 4.39. The van der Waals surface area contributed by atoms with Crippen LogP contribution in [0.5, 0.6) is 0 Å². The van der Waals surface area contributed by atoms with Gasteiger partial charge in [0.2, 0.25) is 10.0 Å². The first-order chi connectivity index (χ1) is 18.2. The Labute approximate surface area is 222 Å². The van der Waals surface area contributed by atoms with Crippen LogP contribution in [0.1, 0.15) is 24.5 Å². The van der Waals surface area contributed by atoms with Gasteiger partial charge in [-0.3, -0.25) is 14.5 Å². The van der Waals surface area contributed by atoms with Crippen LogP contribution in [0.2, 0.25) is 0 Å². The Morgan fingerprint density at radius 2 is 1.26 bits per heavy atom. The summed E-state index contributed by atoms with van der Waals surface area (Å²) in [5.74, 6) is -0.832. The zero-order valence-electron chi connectivity index (χ0n) is 21.3. The molecule has 0 saturated carbocycles. The number of nitrogens with one attached hydrogen (secondary N) is 3. The molecule has 3 aromatic carbocycles. The number of rotatable bonds is 8. The molecule has 0 aromatic heterocycles. The van der Waals surface area contributed by atoms with Crippen molar-refractivity contribution in [1.82, 2.24) is 20.3 Å². The van der Waals surface area contributed by atoms with E-state index >= 15 is 0 Å². The van der Waals surface area contributed by atoms with E-state index in [0.717, 1.165) is 11.1 Å². The second-order valence-electron chi connectivity index (χ2n) is 9.39. The van der Waals surface area contributed by atoms with E-state index in [2.05, 4.69) is 15.4 Å². The minimum atomic E-state index is -3.84. The predicted octanol–water partition coefficient (Wildman–Crippen LogP) is 3.31. The molecule has 9 heteroatoms. The van der Waals surface area contributed by atoms with Crippen molar-refractivity contribution in [3.8, 4) is 11.1 Å². The average molecular weight is 529 g/mol. The normalized spacial score (nSPS) is 16.1. The monoisotopic (exact) mass is 528 g/mol. The van der Waals surface area contributed by atoms with Crippen LogP contribution in [-0.4, -0.2) is 45.4 Å². The molecule has 2 aliphatic rings. The summed E-state index contributed by atoms with van der Waals surface area (Å²) in [6.45, 7) is 1.89. The molecule has 0 radical (unpaired) electrons. The summed E-state index contributed by atoms with van der Waals surface area (Å²) < 4.78 is 28.8. The first-order valence-corrected chi connectivity index (χ1v) is 13.7. The summed E-state index contributed by atoms with van der Waals surface area (Å²) in [6, 6.07) is 23.8. The Morgan fingerprint density at radius 1 is 0.737 bits per heavy atom. The van der Waals surface area contributed by atoms with E-state index in [1.807, 2.05) is 61.5 Å². The molecule has 194 valence electrons. The third-order valence-electron chi connectivity index (χ3n) is 6.70. The quantitative estimate of drug-likeness (QED) is 0.389. The summed E-state index contributed by atoms with van der Waals surface area (Å²) in [5, 5.41) is 5.63. The largest absolute Gasteiger partial charge is 0.321 e. The van der Waals surface area contributed by atoms with Crippen molar-refractivity contribution in [3.63, 3.8) is 0 Å². The Hall–Kier alpha value is -4.05. The molecule has 2 amide bonds. The van der Waals surface area contributed by atoms with Crippen molar-refractivity contribution in [2.24, 2.45) is 0 Å². The molecule has 2 aliphatic heterocycles. The zero-order chi connectivity index (χ0) is 27.0. The van der Waals surface area contributed by atoms with Crippen molar-refractivity contribution >= 4 is 33.2 Å². The highest BCUT2D eigenvalue weighted by atomic mass is 32.2. The smallest absolute Gasteiger partial charge is 0.258 e. The van der Waals surface area contributed by atoms with Gasteiger partial charge in [-0.2, -0.15) is 4.72 Å². The average Bonchev–Trinajstić information content (AvgIpc) is 3.45. The number of hydrogen-bond acceptors (Lipinski definition) is 5. The van der Waals surface area contributed by atoms with Crippen LogP contribution in [0.25, 0.3) is 22.5 Å².